The van der Waals surface area contributed by atoms with Crippen LogP contribution in [-0.2, 0) is 43.2 Å². The quantitative estimate of drug-likeness (QED) is 0.0810. The lowest BCUT2D eigenvalue weighted by Crippen LogP contribution is -2.56. The summed E-state index contributed by atoms with van der Waals surface area (Å²) in [5.41, 5.74) is -3.57. The maximum atomic E-state index is 14.4. The van der Waals surface area contributed by atoms with Crippen LogP contribution < -0.4 is 37.3 Å². The monoisotopic (exact) mass is 1200 g/mol. The summed E-state index contributed by atoms with van der Waals surface area (Å²) in [6, 6.07) is 18.5. The van der Waals surface area contributed by atoms with Gasteiger partial charge in [0.2, 0.25) is 5.91 Å². The first-order valence-corrected chi connectivity index (χ1v) is 29.3. The minimum Gasteiger partial charge on any atom is -0.496 e. The van der Waals surface area contributed by atoms with Gasteiger partial charge in [-0.15, -0.1) is 9.59 Å². The third-order valence-electron chi connectivity index (χ3n) is 14.8. The van der Waals surface area contributed by atoms with Gasteiger partial charge in [-0.2, -0.15) is 30.9 Å². The summed E-state index contributed by atoms with van der Waals surface area (Å²) >= 11 is 2.36. The lowest BCUT2D eigenvalue weighted by atomic mass is 10.0. The number of carbonyl (C=O) groups excluding carboxylic acids is 1. The number of likely N-dealkylation sites (tertiary alicyclic amines) is 1. The van der Waals surface area contributed by atoms with Crippen molar-refractivity contribution < 1.29 is 33.6 Å². The third kappa shape index (κ3) is 12.9. The van der Waals surface area contributed by atoms with Gasteiger partial charge in [0.15, 0.2) is 0 Å². The predicted octanol–water partition coefficient (Wildman–Crippen LogP) is 6.14. The van der Waals surface area contributed by atoms with E-state index in [1.165, 1.54) is 102 Å². The van der Waals surface area contributed by atoms with Gasteiger partial charge >= 0.3 is 17.3 Å². The van der Waals surface area contributed by atoms with Crippen LogP contribution in [0.15, 0.2) is 92.5 Å². The second-order valence-electron chi connectivity index (χ2n) is 21.0. The number of nitriles is 2. The minimum atomic E-state index is -1.84. The van der Waals surface area contributed by atoms with Gasteiger partial charge in [0.25, 0.3) is 11.1 Å². The number of carboxylic acids is 1. The number of nitrogens with zero attached hydrogens (tertiary/aromatic N) is 13. The highest BCUT2D eigenvalue weighted by Crippen LogP contribution is 2.36. The molecule has 8 heterocycles. The van der Waals surface area contributed by atoms with Crippen molar-refractivity contribution in [3.63, 3.8) is 0 Å². The van der Waals surface area contributed by atoms with Gasteiger partial charge in [-0.25, -0.2) is 23.5 Å². The number of carboxylic acid groups (broad SMARTS) is 1. The molecular formula is C58H68N14O11S2. The molecule has 10 rings (SSSR count). The Morgan fingerprint density at radius 1 is 0.647 bits per heavy atom. The Bertz CT molecular complexity index is 3990. The Hall–Kier alpha value is -8.60. The van der Waals surface area contributed by atoms with E-state index in [-0.39, 0.29) is 50.4 Å². The molecule has 85 heavy (non-hydrogen) atoms. The molecule has 1 amide bonds. The summed E-state index contributed by atoms with van der Waals surface area (Å²) < 4.78 is 28.0. The number of thiophene rings is 2. The molecule has 0 unspecified atom stereocenters. The Balaban J connectivity index is 0.000000205. The first-order valence-electron chi connectivity index (χ1n) is 27.6. The average Bonchev–Trinajstić information content (AvgIpc) is 3.02. The zero-order valence-corrected chi connectivity index (χ0v) is 50.3. The fourth-order valence-electron chi connectivity index (χ4n) is 10.3. The van der Waals surface area contributed by atoms with Crippen molar-refractivity contribution in [1.29, 1.82) is 10.5 Å². The van der Waals surface area contributed by atoms with Crippen LogP contribution in [0.2, 0.25) is 0 Å². The lowest BCUT2D eigenvalue weighted by Gasteiger charge is -2.31. The highest BCUT2D eigenvalue weighted by atomic mass is 32.1. The van der Waals surface area contributed by atoms with Crippen LogP contribution in [0.4, 0.5) is 0 Å². The van der Waals surface area contributed by atoms with Crippen molar-refractivity contribution in [1.82, 2.24) is 58.5 Å². The molecule has 2 atom stereocenters. The summed E-state index contributed by atoms with van der Waals surface area (Å²) in [6.45, 7) is 13.1. The van der Waals surface area contributed by atoms with Crippen molar-refractivity contribution in [2.45, 2.75) is 116 Å². The molecule has 25 nitrogen and oxygen atoms in total. The number of hydrogen-bond donors (Lipinski definition) is 2. The number of aliphatic carboxylic acids is 1. The number of hydrogen-bond acceptors (Lipinski definition) is 19. The molecule has 0 saturated carbocycles. The summed E-state index contributed by atoms with van der Waals surface area (Å²) in [4.78, 5) is 87.3. The summed E-state index contributed by atoms with van der Waals surface area (Å²) in [6.07, 6.45) is 9.40. The lowest BCUT2D eigenvalue weighted by molar-refractivity contribution is -0.146. The number of ether oxygens (including phenoxy) is 4. The molecule has 8 aromatic rings. The molecule has 448 valence electrons. The average molecular weight is 1200 g/mol. The normalized spacial score (nSPS) is 14.0. The van der Waals surface area contributed by atoms with Crippen LogP contribution in [0.25, 0.3) is 30.4 Å². The smallest absolute Gasteiger partial charge is 0.333 e. The van der Waals surface area contributed by atoms with Crippen LogP contribution in [0, 0.1) is 36.5 Å². The van der Waals surface area contributed by atoms with Crippen LogP contribution in [0.3, 0.4) is 0 Å². The number of aromatic nitrogens is 10. The molecule has 0 bridgehead atoms. The van der Waals surface area contributed by atoms with Gasteiger partial charge in [0.1, 0.15) is 54.4 Å². The van der Waals surface area contributed by atoms with Gasteiger partial charge in [0.05, 0.1) is 101 Å². The largest absolute Gasteiger partial charge is 0.496 e. The minimum absolute atomic E-state index is 0.00132. The molecule has 2 aromatic carbocycles. The van der Waals surface area contributed by atoms with E-state index in [2.05, 4.69) is 31.8 Å². The molecule has 2 saturated heterocycles. The van der Waals surface area contributed by atoms with Crippen LogP contribution in [-0.4, -0.2) is 124 Å². The second kappa shape index (κ2) is 27.4. The van der Waals surface area contributed by atoms with Crippen molar-refractivity contribution in [2.75, 3.05) is 53.6 Å². The number of methoxy groups -OCH3 is 2. The molecule has 2 N–H and O–H groups in total. The van der Waals surface area contributed by atoms with Gasteiger partial charge in [0, 0.05) is 35.3 Å². The van der Waals surface area contributed by atoms with Gasteiger partial charge in [-0.3, -0.25) is 23.5 Å². The molecule has 0 radical (unpaired) electrons. The van der Waals surface area contributed by atoms with Gasteiger partial charge in [-0.05, 0) is 92.4 Å². The first-order chi connectivity index (χ1) is 40.8. The van der Waals surface area contributed by atoms with E-state index in [0.29, 0.717) is 71.9 Å². The number of para-hydroxylation sites is 2. The molecule has 27 heteroatoms. The van der Waals surface area contributed by atoms with Crippen molar-refractivity contribution in [2.24, 2.45) is 0 Å². The fourth-order valence-corrected chi connectivity index (χ4v) is 12.7. The van der Waals surface area contributed by atoms with Crippen molar-refractivity contribution in [3.05, 3.63) is 137 Å². The zero-order valence-electron chi connectivity index (χ0n) is 48.6. The first kappa shape index (κ1) is 62.4. The second-order valence-corrected chi connectivity index (χ2v) is 23.0. The Morgan fingerprint density at radius 3 is 1.41 bits per heavy atom. The molecule has 6 aromatic heterocycles. The number of amides is 1. The van der Waals surface area contributed by atoms with E-state index in [9.17, 15) is 33.9 Å². The van der Waals surface area contributed by atoms with Crippen molar-refractivity contribution >= 4 is 55.0 Å². The highest BCUT2D eigenvalue weighted by molar-refractivity contribution is 7.21. The fraction of sp³-hybridized carbons (Fsp3) is 0.448. The molecule has 2 aliphatic heterocycles. The molecule has 0 aliphatic carbocycles. The van der Waals surface area contributed by atoms with Crippen LogP contribution in [0.5, 0.6) is 11.5 Å². The number of carbonyl (C=O) groups is 2. The molecule has 2 aliphatic rings. The number of benzene rings is 2. The van der Waals surface area contributed by atoms with E-state index in [1.807, 2.05) is 24.3 Å². The number of nitrogens with one attached hydrogen (secondary N) is 1. The van der Waals surface area contributed by atoms with E-state index >= 15 is 0 Å². The Kier molecular flexibility index (Phi) is 20.1. The number of rotatable bonds is 20. The molecular weight excluding hydrogens is 1130 g/mol. The summed E-state index contributed by atoms with van der Waals surface area (Å²) in [5.74, 6) is -0.540. The maximum absolute atomic E-state index is 14.4. The summed E-state index contributed by atoms with van der Waals surface area (Å²) in [7, 11) is 3.06. The zero-order chi connectivity index (χ0) is 61.2. The maximum Gasteiger partial charge on any atom is 0.333 e. The SMILES string of the molecule is C1CCNC1.COc1ccccc1[C@H](Cn1c(=O)n(C(C)(C)C(=O)N2CCCC2)c(=O)c2c(C)c(-n3nccn3)sc21)OCCC#N.COc1ccccc1[C@H](Cn1c(=O)n(C(C)(C)C(=O)O)c(=O)c2c(C)c(-n3nccn3)sc21)OCCC#N. The van der Waals surface area contributed by atoms with E-state index < -0.39 is 51.8 Å². The van der Waals surface area contributed by atoms with E-state index in [1.54, 1.807) is 70.0 Å². The van der Waals surface area contributed by atoms with E-state index in [4.69, 9.17) is 29.5 Å². The molecule has 2 fully saturated rings. The standard InChI is InChI=1S/C29H33N7O5S.C25H26N6O6S.C4H9N/c1-19-23-24(37)35(29(2,3)27(38)33-15-7-8-16-33)28(39)34(26(23)42-25(19)36-31-13-14-32-36)18-22(41-17-9-12-30)20-10-5-6-11-21(20)40-4;1-15-19-20(32)30(25(2,3)23(33)34)24(35)29(22(19)38-21(15)31-27-11-12-28-31)14-18(37-13-7-10-26)16-8-5-6-9-17(16)36-4;1-2-4-5-3-1/h5-6,10-11,13-14,22H,7-9,15-18H2,1-4H3;5-6,8-9,11-12,18H,7,13-14H2,1-4H3,(H,33,34);5H,1-4H2/t22-;18-;/m00./s1. The molecule has 0 spiro atoms. The van der Waals surface area contributed by atoms with Gasteiger partial charge in [-0.1, -0.05) is 59.1 Å². The number of aryl methyl sites for hydroxylation is 2. The van der Waals surface area contributed by atoms with Crippen molar-refractivity contribution in [3.8, 4) is 33.6 Å². The topological polar surface area (TPSA) is 304 Å². The van der Waals surface area contributed by atoms with Gasteiger partial charge < -0.3 is 34.3 Å². The van der Waals surface area contributed by atoms with Crippen LogP contribution in [0.1, 0.15) is 101 Å². The predicted molar refractivity (Wildman–Crippen MR) is 318 cm³/mol. The van der Waals surface area contributed by atoms with Crippen LogP contribution >= 0.6 is 22.7 Å². The Morgan fingerprint density at radius 2 is 1.05 bits per heavy atom. The highest BCUT2D eigenvalue weighted by Gasteiger charge is 2.40. The Labute approximate surface area is 496 Å². The third-order valence-corrected chi connectivity index (χ3v) is 17.4. The van der Waals surface area contributed by atoms with E-state index in [0.717, 1.165) is 33.3 Å². The summed E-state index contributed by atoms with van der Waals surface area (Å²) in [5, 5.41) is 49.7. The number of fused-ring (bicyclic) bond motifs is 2.